The van der Waals surface area contributed by atoms with E-state index in [9.17, 15) is 9.59 Å². The first-order valence-electron chi connectivity index (χ1n) is 7.23. The highest BCUT2D eigenvalue weighted by Crippen LogP contribution is 2.28. The highest BCUT2D eigenvalue weighted by molar-refractivity contribution is 8.00. The van der Waals surface area contributed by atoms with Crippen LogP contribution in [0.2, 0.25) is 0 Å². The second-order valence-corrected chi connectivity index (χ2v) is 7.44. The highest BCUT2D eigenvalue weighted by atomic mass is 32.2. The van der Waals surface area contributed by atoms with Gasteiger partial charge in [0.15, 0.2) is 5.16 Å². The van der Waals surface area contributed by atoms with E-state index in [-0.39, 0.29) is 11.2 Å². The van der Waals surface area contributed by atoms with Gasteiger partial charge in [0.2, 0.25) is 5.91 Å². The standard InChI is InChI=1S/C16H16N4O2S2/c1-9(14(22)19-15-10(13(17)21)7-8-23-15)24-16-18-11-5-3-4-6-12(11)20(16)2/h3-9H,1-2H3,(H2,17,21)(H,19,22). The van der Waals surface area contributed by atoms with Gasteiger partial charge in [-0.3, -0.25) is 9.59 Å². The van der Waals surface area contributed by atoms with Crippen LogP contribution < -0.4 is 11.1 Å². The van der Waals surface area contributed by atoms with Gasteiger partial charge in [-0.1, -0.05) is 23.9 Å². The number of benzene rings is 1. The van der Waals surface area contributed by atoms with Gasteiger partial charge in [-0.25, -0.2) is 4.98 Å². The number of carbonyl (C=O) groups excluding carboxylic acids is 2. The highest BCUT2D eigenvalue weighted by Gasteiger charge is 2.20. The Labute approximate surface area is 147 Å². The average Bonchev–Trinajstić information content (AvgIpc) is 3.13. The van der Waals surface area contributed by atoms with Crippen molar-refractivity contribution >= 4 is 50.9 Å². The van der Waals surface area contributed by atoms with Crippen LogP contribution in [0.25, 0.3) is 11.0 Å². The normalized spacial score (nSPS) is 12.2. The number of primary amides is 1. The Morgan fingerprint density at radius 2 is 2.08 bits per heavy atom. The summed E-state index contributed by atoms with van der Waals surface area (Å²) in [6.45, 7) is 1.80. The van der Waals surface area contributed by atoms with Crippen molar-refractivity contribution in [3.05, 3.63) is 41.3 Å². The van der Waals surface area contributed by atoms with Gasteiger partial charge in [0.25, 0.3) is 5.91 Å². The Balaban J connectivity index is 1.75. The zero-order valence-corrected chi connectivity index (χ0v) is 14.8. The van der Waals surface area contributed by atoms with E-state index in [4.69, 9.17) is 5.73 Å². The number of nitrogens with zero attached hydrogens (tertiary/aromatic N) is 2. The van der Waals surface area contributed by atoms with E-state index in [0.717, 1.165) is 16.2 Å². The van der Waals surface area contributed by atoms with Crippen molar-refractivity contribution in [2.24, 2.45) is 12.8 Å². The Morgan fingerprint density at radius 1 is 1.33 bits per heavy atom. The van der Waals surface area contributed by atoms with Crippen LogP contribution in [-0.4, -0.2) is 26.6 Å². The fraction of sp³-hybridized carbons (Fsp3) is 0.188. The number of thiophene rings is 1. The maximum atomic E-state index is 12.4. The molecule has 1 atom stereocenters. The number of thioether (sulfide) groups is 1. The molecule has 6 nitrogen and oxygen atoms in total. The van der Waals surface area contributed by atoms with Crippen molar-refractivity contribution in [3.63, 3.8) is 0 Å². The lowest BCUT2D eigenvalue weighted by molar-refractivity contribution is -0.115. The van der Waals surface area contributed by atoms with Gasteiger partial charge in [0.05, 0.1) is 21.8 Å². The maximum Gasteiger partial charge on any atom is 0.251 e. The molecule has 0 radical (unpaired) electrons. The molecule has 0 bridgehead atoms. The number of hydrogen-bond acceptors (Lipinski definition) is 5. The molecule has 0 spiro atoms. The first-order chi connectivity index (χ1) is 11.5. The van der Waals surface area contributed by atoms with E-state index < -0.39 is 5.91 Å². The van der Waals surface area contributed by atoms with Crippen LogP contribution in [0, 0.1) is 0 Å². The first kappa shape index (κ1) is 16.5. The van der Waals surface area contributed by atoms with E-state index in [1.165, 1.54) is 23.1 Å². The van der Waals surface area contributed by atoms with Gasteiger partial charge in [-0.2, -0.15) is 0 Å². The zero-order chi connectivity index (χ0) is 17.3. The molecule has 0 aliphatic carbocycles. The van der Waals surface area contributed by atoms with Crippen molar-refractivity contribution in [2.75, 3.05) is 5.32 Å². The molecule has 3 N–H and O–H groups in total. The van der Waals surface area contributed by atoms with Gasteiger partial charge in [0.1, 0.15) is 5.00 Å². The van der Waals surface area contributed by atoms with Gasteiger partial charge >= 0.3 is 0 Å². The molecule has 1 aromatic carbocycles. The molecular weight excluding hydrogens is 344 g/mol. The number of rotatable bonds is 5. The molecule has 0 saturated heterocycles. The molecule has 3 rings (SSSR count). The fourth-order valence-corrected chi connectivity index (χ4v) is 3.94. The minimum atomic E-state index is -0.554. The summed E-state index contributed by atoms with van der Waals surface area (Å²) in [4.78, 5) is 28.3. The second kappa shape index (κ2) is 6.66. The van der Waals surface area contributed by atoms with E-state index in [0.29, 0.717) is 10.6 Å². The van der Waals surface area contributed by atoms with E-state index >= 15 is 0 Å². The van der Waals surface area contributed by atoms with Gasteiger partial charge in [0, 0.05) is 7.05 Å². The van der Waals surface area contributed by atoms with Crippen molar-refractivity contribution < 1.29 is 9.59 Å². The van der Waals surface area contributed by atoms with E-state index in [1.807, 2.05) is 35.9 Å². The van der Waals surface area contributed by atoms with Gasteiger partial charge in [-0.05, 0) is 30.5 Å². The number of imidazole rings is 1. The number of nitrogens with two attached hydrogens (primary N) is 1. The van der Waals surface area contributed by atoms with Crippen LogP contribution in [0.3, 0.4) is 0 Å². The van der Waals surface area contributed by atoms with E-state index in [1.54, 1.807) is 18.4 Å². The van der Waals surface area contributed by atoms with Gasteiger partial charge in [-0.15, -0.1) is 11.3 Å². The molecule has 1 unspecified atom stereocenters. The van der Waals surface area contributed by atoms with Crippen LogP contribution in [-0.2, 0) is 11.8 Å². The number of anilines is 1. The van der Waals surface area contributed by atoms with Crippen molar-refractivity contribution in [2.45, 2.75) is 17.3 Å². The third-order valence-corrected chi connectivity index (χ3v) is 5.54. The summed E-state index contributed by atoms with van der Waals surface area (Å²) in [6.07, 6.45) is 0. The SMILES string of the molecule is CC(Sc1nc2ccccc2n1C)C(=O)Nc1sccc1C(N)=O. The third-order valence-electron chi connectivity index (χ3n) is 3.56. The summed E-state index contributed by atoms with van der Waals surface area (Å²) in [5.41, 5.74) is 7.53. The number of aromatic nitrogens is 2. The molecular formula is C16H16N4O2S2. The summed E-state index contributed by atoms with van der Waals surface area (Å²) < 4.78 is 1.96. The number of aryl methyl sites for hydroxylation is 1. The van der Waals surface area contributed by atoms with Crippen LogP contribution in [0.15, 0.2) is 40.9 Å². The minimum Gasteiger partial charge on any atom is -0.366 e. The van der Waals surface area contributed by atoms with Crippen LogP contribution >= 0.6 is 23.1 Å². The van der Waals surface area contributed by atoms with Crippen molar-refractivity contribution in [3.8, 4) is 0 Å². The Morgan fingerprint density at radius 3 is 2.79 bits per heavy atom. The lowest BCUT2D eigenvalue weighted by Gasteiger charge is -2.11. The Kier molecular flexibility index (Phi) is 4.59. The summed E-state index contributed by atoms with van der Waals surface area (Å²) in [6, 6.07) is 9.42. The third kappa shape index (κ3) is 3.15. The Bertz CT molecular complexity index is 916. The lowest BCUT2D eigenvalue weighted by atomic mass is 10.3. The molecule has 0 saturated carbocycles. The van der Waals surface area contributed by atoms with E-state index in [2.05, 4.69) is 10.3 Å². The molecule has 24 heavy (non-hydrogen) atoms. The number of carbonyl (C=O) groups is 2. The number of nitrogens with one attached hydrogen (secondary N) is 1. The van der Waals surface area contributed by atoms with Gasteiger partial charge < -0.3 is 15.6 Å². The lowest BCUT2D eigenvalue weighted by Crippen LogP contribution is -2.24. The number of amides is 2. The molecule has 2 heterocycles. The predicted octanol–water partition coefficient (Wildman–Crippen LogP) is 2.85. The Hall–Kier alpha value is -2.32. The van der Waals surface area contributed by atoms with Crippen LogP contribution in [0.1, 0.15) is 17.3 Å². The number of fused-ring (bicyclic) bond motifs is 1. The summed E-state index contributed by atoms with van der Waals surface area (Å²) in [5, 5.41) is 5.36. The molecule has 3 aromatic rings. The largest absolute Gasteiger partial charge is 0.366 e. The average molecular weight is 360 g/mol. The molecule has 0 fully saturated rings. The number of para-hydroxylation sites is 2. The molecule has 8 heteroatoms. The van der Waals surface area contributed by atoms with Crippen molar-refractivity contribution in [1.82, 2.24) is 9.55 Å². The maximum absolute atomic E-state index is 12.4. The summed E-state index contributed by atoms with van der Waals surface area (Å²) in [5.74, 6) is -0.751. The monoisotopic (exact) mass is 360 g/mol. The minimum absolute atomic E-state index is 0.197. The van der Waals surface area contributed by atoms with Crippen LogP contribution in [0.4, 0.5) is 5.00 Å². The second-order valence-electron chi connectivity index (χ2n) is 5.22. The fourth-order valence-electron chi connectivity index (χ4n) is 2.25. The smallest absolute Gasteiger partial charge is 0.251 e. The topological polar surface area (TPSA) is 90.0 Å². The number of hydrogen-bond donors (Lipinski definition) is 2. The predicted molar refractivity (Wildman–Crippen MR) is 97.5 cm³/mol. The molecule has 0 aliphatic heterocycles. The van der Waals surface area contributed by atoms with Crippen molar-refractivity contribution in [1.29, 1.82) is 0 Å². The summed E-state index contributed by atoms with van der Waals surface area (Å²) in [7, 11) is 1.92. The van der Waals surface area contributed by atoms with Crippen LogP contribution in [0.5, 0.6) is 0 Å². The molecule has 2 aromatic heterocycles. The molecule has 2 amide bonds. The summed E-state index contributed by atoms with van der Waals surface area (Å²) >= 11 is 2.64. The zero-order valence-electron chi connectivity index (χ0n) is 13.1. The molecule has 0 aliphatic rings. The quantitative estimate of drug-likeness (QED) is 0.685. The molecule has 124 valence electrons. The first-order valence-corrected chi connectivity index (χ1v) is 8.99.